The van der Waals surface area contributed by atoms with Crippen LogP contribution in [0.2, 0.25) is 0 Å². The maximum Gasteiger partial charge on any atom is 0.407 e. The van der Waals surface area contributed by atoms with Crippen LogP contribution in [0.1, 0.15) is 55.9 Å². The van der Waals surface area contributed by atoms with E-state index in [2.05, 4.69) is 27.7 Å². The molecule has 1 unspecified atom stereocenters. The first kappa shape index (κ1) is 24.3. The number of ether oxygens (including phenoxy) is 2. The number of alkyl carbamates (subject to hydrolysis) is 1. The lowest BCUT2D eigenvalue weighted by Gasteiger charge is -2.33. The molecule has 2 aromatic carbocycles. The molecule has 190 valence electrons. The number of carbonyl (C=O) groups excluding carboxylic acids is 2. The molecule has 1 fully saturated rings. The highest BCUT2D eigenvalue weighted by Gasteiger charge is 2.33. The Morgan fingerprint density at radius 2 is 2.06 bits per heavy atom. The molecule has 5 rings (SSSR count). The molecular weight excluding hydrogens is 461 g/mol. The molecule has 0 aliphatic carbocycles. The standard InChI is InChI=1S/C28H32FN3O4/c1-28(2,3)36-27(34)30-13-18-5-4-10-32(15-18)14-17-6-8-21-19(11-17)16-35-25(21)24-22-12-20(29)7-9-23(22)31-26(24)33/h6-9,11-12,18H,4-5,10,13-16H2,1-3H3,(H,30,34)(H,31,33). The van der Waals surface area contributed by atoms with Crippen molar-refractivity contribution in [2.75, 3.05) is 25.0 Å². The summed E-state index contributed by atoms with van der Waals surface area (Å²) in [6, 6.07) is 10.5. The highest BCUT2D eigenvalue weighted by atomic mass is 19.1. The highest BCUT2D eigenvalue weighted by Crippen LogP contribution is 2.42. The molecule has 3 aliphatic rings. The van der Waals surface area contributed by atoms with Gasteiger partial charge in [-0.15, -0.1) is 0 Å². The fraction of sp³-hybridized carbons (Fsp3) is 0.429. The van der Waals surface area contributed by atoms with E-state index < -0.39 is 11.4 Å². The molecule has 2 aromatic rings. The van der Waals surface area contributed by atoms with Crippen molar-refractivity contribution in [1.29, 1.82) is 0 Å². The predicted molar refractivity (Wildman–Crippen MR) is 135 cm³/mol. The molecule has 1 saturated heterocycles. The van der Waals surface area contributed by atoms with Crippen molar-refractivity contribution >= 4 is 29.0 Å². The molecule has 0 bridgehead atoms. The average molecular weight is 494 g/mol. The van der Waals surface area contributed by atoms with E-state index in [1.165, 1.54) is 17.7 Å². The Morgan fingerprint density at radius 1 is 1.22 bits per heavy atom. The van der Waals surface area contributed by atoms with Gasteiger partial charge in [0.05, 0.1) is 5.57 Å². The van der Waals surface area contributed by atoms with Gasteiger partial charge in [0.1, 0.15) is 23.8 Å². The number of fused-ring (bicyclic) bond motifs is 2. The summed E-state index contributed by atoms with van der Waals surface area (Å²) in [5, 5.41) is 5.70. The van der Waals surface area contributed by atoms with Crippen molar-refractivity contribution in [3.8, 4) is 0 Å². The number of carbonyl (C=O) groups is 2. The number of hydrogen-bond acceptors (Lipinski definition) is 5. The minimum atomic E-state index is -0.503. The van der Waals surface area contributed by atoms with E-state index in [9.17, 15) is 14.0 Å². The first-order chi connectivity index (χ1) is 17.2. The van der Waals surface area contributed by atoms with Gasteiger partial charge in [-0.05, 0) is 69.8 Å². The number of likely N-dealkylation sites (tertiary alicyclic amines) is 1. The van der Waals surface area contributed by atoms with Gasteiger partial charge in [0, 0.05) is 42.0 Å². The number of amides is 2. The molecule has 8 heteroatoms. The van der Waals surface area contributed by atoms with Crippen molar-refractivity contribution in [3.63, 3.8) is 0 Å². The largest absolute Gasteiger partial charge is 0.487 e. The van der Waals surface area contributed by atoms with E-state index in [4.69, 9.17) is 9.47 Å². The smallest absolute Gasteiger partial charge is 0.407 e. The van der Waals surface area contributed by atoms with E-state index in [1.54, 1.807) is 6.07 Å². The van der Waals surface area contributed by atoms with Gasteiger partial charge in [0.2, 0.25) is 0 Å². The number of piperidine rings is 1. The summed E-state index contributed by atoms with van der Waals surface area (Å²) < 4.78 is 25.2. The molecule has 3 aliphatic heterocycles. The van der Waals surface area contributed by atoms with Gasteiger partial charge in [-0.3, -0.25) is 9.69 Å². The van der Waals surface area contributed by atoms with Gasteiger partial charge in [-0.25, -0.2) is 9.18 Å². The number of anilines is 1. The van der Waals surface area contributed by atoms with Crippen molar-refractivity contribution in [3.05, 3.63) is 64.5 Å². The molecule has 0 spiro atoms. The number of halogens is 1. The van der Waals surface area contributed by atoms with Crippen molar-refractivity contribution in [1.82, 2.24) is 10.2 Å². The van der Waals surface area contributed by atoms with Gasteiger partial charge in [-0.1, -0.05) is 18.2 Å². The number of rotatable bonds is 4. The fourth-order valence-electron chi connectivity index (χ4n) is 5.15. The molecule has 3 heterocycles. The van der Waals surface area contributed by atoms with Gasteiger partial charge in [0.25, 0.3) is 5.91 Å². The fourth-order valence-corrected chi connectivity index (χ4v) is 5.15. The van der Waals surface area contributed by atoms with Gasteiger partial charge in [0.15, 0.2) is 0 Å². The maximum absolute atomic E-state index is 13.9. The third-order valence-electron chi connectivity index (χ3n) is 6.68. The SMILES string of the molecule is CC(C)(C)OC(=O)NCC1CCCN(Cc2ccc3c(c2)COC3=C2C(=O)Nc3ccc(F)cc32)C1. The molecule has 2 N–H and O–H groups in total. The normalized spacial score (nSPS) is 21.4. The van der Waals surface area contributed by atoms with Crippen LogP contribution in [0.5, 0.6) is 0 Å². The van der Waals surface area contributed by atoms with E-state index in [0.717, 1.165) is 43.6 Å². The minimum Gasteiger partial charge on any atom is -0.487 e. The lowest BCUT2D eigenvalue weighted by molar-refractivity contribution is -0.110. The molecule has 0 radical (unpaired) electrons. The summed E-state index contributed by atoms with van der Waals surface area (Å²) in [7, 11) is 0. The molecule has 0 aromatic heterocycles. The van der Waals surface area contributed by atoms with Crippen LogP contribution in [0.15, 0.2) is 36.4 Å². The summed E-state index contributed by atoms with van der Waals surface area (Å²) in [4.78, 5) is 27.1. The molecule has 7 nitrogen and oxygen atoms in total. The first-order valence-corrected chi connectivity index (χ1v) is 12.5. The van der Waals surface area contributed by atoms with E-state index in [0.29, 0.717) is 41.7 Å². The van der Waals surface area contributed by atoms with Crippen molar-refractivity contribution < 1.29 is 23.5 Å². The lowest BCUT2D eigenvalue weighted by atomic mass is 9.96. The maximum atomic E-state index is 13.9. The third kappa shape index (κ3) is 5.23. The van der Waals surface area contributed by atoms with Gasteiger partial charge >= 0.3 is 6.09 Å². The second kappa shape index (κ2) is 9.58. The highest BCUT2D eigenvalue weighted by molar-refractivity contribution is 6.36. The zero-order valence-electron chi connectivity index (χ0n) is 20.9. The second-order valence-corrected chi connectivity index (χ2v) is 10.8. The number of nitrogens with zero attached hydrogens (tertiary/aromatic N) is 1. The summed E-state index contributed by atoms with van der Waals surface area (Å²) in [5.74, 6) is 0.214. The van der Waals surface area contributed by atoms with E-state index in [-0.39, 0.29) is 12.0 Å². The topological polar surface area (TPSA) is 79.9 Å². The molecule has 36 heavy (non-hydrogen) atoms. The Kier molecular flexibility index (Phi) is 6.47. The van der Waals surface area contributed by atoms with Crippen LogP contribution in [-0.2, 0) is 27.4 Å². The van der Waals surface area contributed by atoms with Crippen LogP contribution >= 0.6 is 0 Å². The number of hydrogen-bond donors (Lipinski definition) is 2. The van der Waals surface area contributed by atoms with Crippen LogP contribution in [-0.4, -0.2) is 42.1 Å². The number of benzene rings is 2. The van der Waals surface area contributed by atoms with Crippen LogP contribution in [0.25, 0.3) is 11.3 Å². The summed E-state index contributed by atoms with van der Waals surface area (Å²) in [6.45, 7) is 9.27. The van der Waals surface area contributed by atoms with Crippen molar-refractivity contribution in [2.24, 2.45) is 5.92 Å². The van der Waals surface area contributed by atoms with Crippen LogP contribution in [0.4, 0.5) is 14.9 Å². The van der Waals surface area contributed by atoms with Gasteiger partial charge < -0.3 is 20.1 Å². The quantitative estimate of drug-likeness (QED) is 0.592. The Balaban J connectivity index is 1.25. The Labute approximate surface area is 210 Å². The van der Waals surface area contributed by atoms with Gasteiger partial charge in [-0.2, -0.15) is 0 Å². The van der Waals surface area contributed by atoms with Crippen molar-refractivity contribution in [2.45, 2.75) is 52.4 Å². The van der Waals surface area contributed by atoms with Crippen LogP contribution in [0, 0.1) is 11.7 Å². The summed E-state index contributed by atoms with van der Waals surface area (Å²) in [6.07, 6.45) is 1.78. The average Bonchev–Trinajstić information content (AvgIpc) is 3.36. The number of nitrogens with one attached hydrogen (secondary N) is 2. The molecule has 2 amide bonds. The Hall–Kier alpha value is -3.39. The van der Waals surface area contributed by atoms with E-state index >= 15 is 0 Å². The van der Waals surface area contributed by atoms with Crippen LogP contribution in [0.3, 0.4) is 0 Å². The Morgan fingerprint density at radius 3 is 2.86 bits per heavy atom. The monoisotopic (exact) mass is 493 g/mol. The molecular formula is C28H32FN3O4. The zero-order valence-corrected chi connectivity index (χ0v) is 20.9. The third-order valence-corrected chi connectivity index (χ3v) is 6.68. The van der Waals surface area contributed by atoms with E-state index in [1.807, 2.05) is 26.8 Å². The summed E-state index contributed by atoms with van der Waals surface area (Å²) >= 11 is 0. The minimum absolute atomic E-state index is 0.276. The second-order valence-electron chi connectivity index (χ2n) is 10.8. The van der Waals surface area contributed by atoms with Crippen LogP contribution < -0.4 is 10.6 Å². The first-order valence-electron chi connectivity index (χ1n) is 12.5. The zero-order chi connectivity index (χ0) is 25.4. The molecule has 0 saturated carbocycles. The predicted octanol–water partition coefficient (Wildman–Crippen LogP) is 4.91. The summed E-state index contributed by atoms with van der Waals surface area (Å²) in [5.41, 5.74) is 4.08. The lowest BCUT2D eigenvalue weighted by Crippen LogP contribution is -2.41. The Bertz CT molecular complexity index is 1230. The molecule has 1 atom stereocenters.